The van der Waals surface area contributed by atoms with Gasteiger partial charge in [0.2, 0.25) is 0 Å². The highest BCUT2D eigenvalue weighted by molar-refractivity contribution is 5.48. The van der Waals surface area contributed by atoms with E-state index in [9.17, 15) is 4.39 Å². The Morgan fingerprint density at radius 1 is 1.19 bits per heavy atom. The van der Waals surface area contributed by atoms with Crippen LogP contribution in [0, 0.1) is 5.82 Å². The molecule has 1 aromatic rings. The largest absolute Gasteiger partial charge is 0.493 e. The summed E-state index contributed by atoms with van der Waals surface area (Å²) < 4.78 is 34.5. The summed E-state index contributed by atoms with van der Waals surface area (Å²) in [6, 6.07) is 2.81. The summed E-state index contributed by atoms with van der Waals surface area (Å²) in [4.78, 5) is 0. The fraction of sp³-hybridized carbons (Fsp3) is 0.455. The van der Waals surface area contributed by atoms with Gasteiger partial charge in [-0.25, -0.2) is 4.39 Å². The maximum atomic E-state index is 13.7. The van der Waals surface area contributed by atoms with Gasteiger partial charge in [-0.3, -0.25) is 0 Å². The molecule has 5 heteroatoms. The van der Waals surface area contributed by atoms with Gasteiger partial charge in [0.25, 0.3) is 0 Å². The van der Waals surface area contributed by atoms with Crippen molar-refractivity contribution in [3.8, 4) is 11.5 Å². The SMILES string of the molecule is COc1ccc(F)c(C2OCCO2)c1OC. The molecule has 1 aliphatic rings. The van der Waals surface area contributed by atoms with Crippen molar-refractivity contribution < 1.29 is 23.3 Å². The zero-order valence-electron chi connectivity index (χ0n) is 9.16. The smallest absolute Gasteiger partial charge is 0.190 e. The quantitative estimate of drug-likeness (QED) is 0.791. The van der Waals surface area contributed by atoms with Crippen LogP contribution in [0.3, 0.4) is 0 Å². The summed E-state index contributed by atoms with van der Waals surface area (Å²) in [5.74, 6) is 0.344. The van der Waals surface area contributed by atoms with Crippen LogP contribution in [0.15, 0.2) is 12.1 Å². The van der Waals surface area contributed by atoms with Gasteiger partial charge in [0, 0.05) is 0 Å². The molecule has 0 aromatic heterocycles. The van der Waals surface area contributed by atoms with E-state index in [-0.39, 0.29) is 5.56 Å². The van der Waals surface area contributed by atoms with Crippen molar-refractivity contribution in [2.24, 2.45) is 0 Å². The Bertz CT molecular complexity index is 374. The number of hydrogen-bond acceptors (Lipinski definition) is 4. The van der Waals surface area contributed by atoms with Gasteiger partial charge < -0.3 is 18.9 Å². The van der Waals surface area contributed by atoms with E-state index in [4.69, 9.17) is 18.9 Å². The zero-order chi connectivity index (χ0) is 11.5. The third kappa shape index (κ3) is 1.83. The van der Waals surface area contributed by atoms with E-state index >= 15 is 0 Å². The number of methoxy groups -OCH3 is 2. The van der Waals surface area contributed by atoms with Crippen molar-refractivity contribution in [3.63, 3.8) is 0 Å². The van der Waals surface area contributed by atoms with E-state index in [0.29, 0.717) is 24.7 Å². The predicted molar refractivity (Wildman–Crippen MR) is 54.1 cm³/mol. The molecule has 0 unspecified atom stereocenters. The molecule has 0 N–H and O–H groups in total. The first kappa shape index (κ1) is 11.2. The van der Waals surface area contributed by atoms with Gasteiger partial charge in [0.05, 0.1) is 33.0 Å². The fourth-order valence-electron chi connectivity index (χ4n) is 1.67. The lowest BCUT2D eigenvalue weighted by molar-refractivity contribution is -0.0480. The molecular weight excluding hydrogens is 215 g/mol. The maximum Gasteiger partial charge on any atom is 0.190 e. The molecular formula is C11H13FO4. The Morgan fingerprint density at radius 2 is 1.88 bits per heavy atom. The van der Waals surface area contributed by atoms with Crippen LogP contribution >= 0.6 is 0 Å². The van der Waals surface area contributed by atoms with E-state index in [0.717, 1.165) is 0 Å². The van der Waals surface area contributed by atoms with Crippen LogP contribution in [0.2, 0.25) is 0 Å². The van der Waals surface area contributed by atoms with E-state index in [1.54, 1.807) is 0 Å². The van der Waals surface area contributed by atoms with Crippen molar-refractivity contribution in [1.29, 1.82) is 0 Å². The lowest BCUT2D eigenvalue weighted by Gasteiger charge is -2.16. The van der Waals surface area contributed by atoms with Crippen LogP contribution in [0.5, 0.6) is 11.5 Å². The third-order valence-electron chi connectivity index (χ3n) is 2.39. The molecule has 0 aliphatic carbocycles. The molecule has 16 heavy (non-hydrogen) atoms. The van der Waals surface area contributed by atoms with E-state index in [1.165, 1.54) is 26.4 Å². The van der Waals surface area contributed by atoms with Gasteiger partial charge in [-0.1, -0.05) is 0 Å². The topological polar surface area (TPSA) is 36.9 Å². The summed E-state index contributed by atoms with van der Waals surface area (Å²) >= 11 is 0. The second kappa shape index (κ2) is 4.67. The Labute approximate surface area is 92.9 Å². The highest BCUT2D eigenvalue weighted by Crippen LogP contribution is 2.39. The first-order valence-corrected chi connectivity index (χ1v) is 4.91. The monoisotopic (exact) mass is 228 g/mol. The van der Waals surface area contributed by atoms with E-state index in [2.05, 4.69) is 0 Å². The van der Waals surface area contributed by atoms with Crippen LogP contribution in [0.25, 0.3) is 0 Å². The van der Waals surface area contributed by atoms with Gasteiger partial charge in [0.15, 0.2) is 17.8 Å². The molecule has 0 saturated carbocycles. The molecule has 0 atom stereocenters. The summed E-state index contributed by atoms with van der Waals surface area (Å²) in [5.41, 5.74) is 0.249. The third-order valence-corrected chi connectivity index (χ3v) is 2.39. The van der Waals surface area contributed by atoms with Gasteiger partial charge >= 0.3 is 0 Å². The van der Waals surface area contributed by atoms with Crippen LogP contribution < -0.4 is 9.47 Å². The lowest BCUT2D eigenvalue weighted by Crippen LogP contribution is -2.06. The van der Waals surface area contributed by atoms with E-state index < -0.39 is 12.1 Å². The highest BCUT2D eigenvalue weighted by atomic mass is 19.1. The molecule has 1 aliphatic heterocycles. The van der Waals surface area contributed by atoms with Gasteiger partial charge in [-0.05, 0) is 12.1 Å². The van der Waals surface area contributed by atoms with Gasteiger partial charge in [-0.15, -0.1) is 0 Å². The average molecular weight is 228 g/mol. The molecule has 0 spiro atoms. The minimum Gasteiger partial charge on any atom is -0.493 e. The van der Waals surface area contributed by atoms with Crippen molar-refractivity contribution in [2.75, 3.05) is 27.4 Å². The summed E-state index contributed by atoms with van der Waals surface area (Å²) in [6.45, 7) is 0.898. The first-order chi connectivity index (χ1) is 7.77. The number of rotatable bonds is 3. The first-order valence-electron chi connectivity index (χ1n) is 4.91. The van der Waals surface area contributed by atoms with Crippen LogP contribution in [0.4, 0.5) is 4.39 Å². The minimum atomic E-state index is -0.718. The van der Waals surface area contributed by atoms with Crippen molar-refractivity contribution >= 4 is 0 Å². The lowest BCUT2D eigenvalue weighted by atomic mass is 10.1. The number of ether oxygens (including phenoxy) is 4. The molecule has 2 rings (SSSR count). The molecule has 1 heterocycles. The summed E-state index contributed by atoms with van der Waals surface area (Å²) in [5, 5.41) is 0. The predicted octanol–water partition coefficient (Wildman–Crippen LogP) is 1.89. The molecule has 88 valence electrons. The minimum absolute atomic E-state index is 0.249. The number of benzene rings is 1. The van der Waals surface area contributed by atoms with Crippen molar-refractivity contribution in [3.05, 3.63) is 23.5 Å². The Balaban J connectivity index is 2.47. The van der Waals surface area contributed by atoms with Crippen LogP contribution in [-0.2, 0) is 9.47 Å². The Kier molecular flexibility index (Phi) is 3.26. The molecule has 4 nitrogen and oxygen atoms in total. The summed E-state index contributed by atoms with van der Waals surface area (Å²) in [6.07, 6.45) is -0.718. The zero-order valence-corrected chi connectivity index (χ0v) is 9.16. The standard InChI is InChI=1S/C11H13FO4/c1-13-8-4-3-7(12)9(10(8)14-2)11-15-5-6-16-11/h3-4,11H,5-6H2,1-2H3. The van der Waals surface area contributed by atoms with Crippen LogP contribution in [0.1, 0.15) is 11.9 Å². The van der Waals surface area contributed by atoms with Gasteiger partial charge in [-0.2, -0.15) is 0 Å². The van der Waals surface area contributed by atoms with Crippen molar-refractivity contribution in [2.45, 2.75) is 6.29 Å². The second-order valence-corrected chi connectivity index (χ2v) is 3.27. The molecule has 1 aromatic carbocycles. The molecule has 1 fully saturated rings. The Hall–Kier alpha value is -1.33. The molecule has 0 radical (unpaired) electrons. The second-order valence-electron chi connectivity index (χ2n) is 3.27. The fourth-order valence-corrected chi connectivity index (χ4v) is 1.67. The number of halogens is 1. The Morgan fingerprint density at radius 3 is 2.44 bits per heavy atom. The normalized spacial score (nSPS) is 16.4. The van der Waals surface area contributed by atoms with Crippen LogP contribution in [-0.4, -0.2) is 27.4 Å². The average Bonchev–Trinajstić information content (AvgIpc) is 2.81. The summed E-state index contributed by atoms with van der Waals surface area (Å²) in [7, 11) is 2.95. The molecule has 0 bridgehead atoms. The maximum absolute atomic E-state index is 13.7. The molecule has 1 saturated heterocycles. The van der Waals surface area contributed by atoms with E-state index in [1.807, 2.05) is 0 Å². The highest BCUT2D eigenvalue weighted by Gasteiger charge is 2.27. The molecule has 0 amide bonds. The number of hydrogen-bond donors (Lipinski definition) is 0. The van der Waals surface area contributed by atoms with Crippen molar-refractivity contribution in [1.82, 2.24) is 0 Å². The van der Waals surface area contributed by atoms with Gasteiger partial charge in [0.1, 0.15) is 5.82 Å².